The Morgan fingerprint density at radius 2 is 1.76 bits per heavy atom. The Kier molecular flexibility index (Phi) is 9.09. The average molecular weight is 541 g/mol. The Morgan fingerprint density at radius 3 is 2.38 bits per heavy atom. The Hall–Kier alpha value is -3.67. The monoisotopic (exact) mass is 540 g/mol. The molecule has 11 heteroatoms. The van der Waals surface area contributed by atoms with Crippen molar-refractivity contribution in [3.05, 3.63) is 83.9 Å². The number of primary sulfonamides is 1. The van der Waals surface area contributed by atoms with Gasteiger partial charge in [-0.05, 0) is 54.5 Å². The van der Waals surface area contributed by atoms with Crippen LogP contribution in [0.1, 0.15) is 25.0 Å². The van der Waals surface area contributed by atoms with Gasteiger partial charge in [0.15, 0.2) is 0 Å². The van der Waals surface area contributed by atoms with Gasteiger partial charge in [-0.3, -0.25) is 15.1 Å². The number of carboxylic acid groups (broad SMARTS) is 1. The van der Waals surface area contributed by atoms with Gasteiger partial charge in [-0.2, -0.15) is 0 Å². The lowest BCUT2D eigenvalue weighted by Gasteiger charge is -2.27. The van der Waals surface area contributed by atoms with Crippen molar-refractivity contribution in [3.8, 4) is 11.1 Å². The fraction of sp³-hybridized carbons (Fsp3) is 0.192. The molecule has 5 N–H and O–H groups in total. The number of nitrogens with zero attached hydrogens (tertiary/aromatic N) is 1. The average Bonchev–Trinajstić information content (AvgIpc) is 2.84. The highest BCUT2D eigenvalue weighted by atomic mass is 32.2. The fourth-order valence-corrected chi connectivity index (χ4v) is 5.13. The van der Waals surface area contributed by atoms with Gasteiger partial charge in [-0.15, -0.1) is 0 Å². The van der Waals surface area contributed by atoms with Gasteiger partial charge in [0.25, 0.3) is 5.24 Å². The van der Waals surface area contributed by atoms with E-state index in [4.69, 9.17) is 10.5 Å². The number of thioether (sulfide) groups is 1. The number of amidine groups is 1. The van der Waals surface area contributed by atoms with Crippen LogP contribution < -0.4 is 15.4 Å². The molecule has 0 saturated heterocycles. The number of nitrogens with two attached hydrogens (primary N) is 1. The normalized spacial score (nSPS) is 12.0. The van der Waals surface area contributed by atoms with Gasteiger partial charge in [0.1, 0.15) is 5.84 Å². The molecule has 1 unspecified atom stereocenters. The first-order chi connectivity index (χ1) is 17.5. The molecule has 0 fully saturated rings. The van der Waals surface area contributed by atoms with Gasteiger partial charge in [0.2, 0.25) is 10.0 Å². The third-order valence-corrected chi connectivity index (χ3v) is 7.17. The molecule has 3 aromatic carbocycles. The summed E-state index contributed by atoms with van der Waals surface area (Å²) in [4.78, 5) is 25.2. The van der Waals surface area contributed by atoms with Crippen LogP contribution in [0.2, 0.25) is 0 Å². The number of hydrogen-bond acceptors (Lipinski definition) is 6. The molecule has 0 aliphatic heterocycles. The summed E-state index contributed by atoms with van der Waals surface area (Å²) in [7, 11) is -3.93. The van der Waals surface area contributed by atoms with Crippen molar-refractivity contribution in [1.82, 2.24) is 5.32 Å². The van der Waals surface area contributed by atoms with E-state index in [1.807, 2.05) is 13.0 Å². The minimum atomic E-state index is -3.93. The van der Waals surface area contributed by atoms with E-state index in [1.54, 1.807) is 67.6 Å². The Balaban J connectivity index is 1.81. The van der Waals surface area contributed by atoms with Crippen molar-refractivity contribution in [1.29, 1.82) is 5.41 Å². The number of rotatable bonds is 8. The molecule has 2 amide bonds. The molecule has 0 heterocycles. The van der Waals surface area contributed by atoms with E-state index >= 15 is 0 Å². The smallest absolute Gasteiger partial charge is 0.412 e. The number of nitrogens with one attached hydrogen (secondary N) is 2. The van der Waals surface area contributed by atoms with Crippen LogP contribution in [0.25, 0.3) is 11.1 Å². The number of anilines is 1. The lowest BCUT2D eigenvalue weighted by Crippen LogP contribution is -2.39. The zero-order valence-electron chi connectivity index (χ0n) is 20.3. The second-order valence-electron chi connectivity index (χ2n) is 8.21. The predicted octanol–water partition coefficient (Wildman–Crippen LogP) is 4.90. The maximum absolute atomic E-state index is 12.2. The first kappa shape index (κ1) is 27.9. The molecule has 0 aromatic heterocycles. The number of sulfonamides is 1. The highest BCUT2D eigenvalue weighted by Gasteiger charge is 2.23. The van der Waals surface area contributed by atoms with Crippen molar-refractivity contribution in [3.63, 3.8) is 0 Å². The third-order valence-electron chi connectivity index (χ3n) is 5.55. The standard InChI is InChI=1S/C26H28N4O5S2/c1-3-36-25(31)29-24(27)20-8-6-7-18(16-20)15-17(2)30(26(32)33)21-13-11-19(12-14-21)22-9-4-5-10-23(22)37(28,34)35/h4-14,16-17H,3,15H2,1-2H3,(H,32,33)(H2,27,29,31)(H2,28,34,35). The van der Waals surface area contributed by atoms with Crippen LogP contribution in [0, 0.1) is 5.41 Å². The molecule has 9 nitrogen and oxygen atoms in total. The van der Waals surface area contributed by atoms with E-state index in [0.29, 0.717) is 34.6 Å². The van der Waals surface area contributed by atoms with E-state index in [9.17, 15) is 23.1 Å². The molecule has 0 radical (unpaired) electrons. The first-order valence-corrected chi connectivity index (χ1v) is 13.9. The van der Waals surface area contributed by atoms with E-state index in [-0.39, 0.29) is 16.0 Å². The van der Waals surface area contributed by atoms with Crippen molar-refractivity contribution in [2.24, 2.45) is 5.14 Å². The summed E-state index contributed by atoms with van der Waals surface area (Å²) >= 11 is 1.08. The van der Waals surface area contributed by atoms with Crippen LogP contribution in [-0.2, 0) is 16.4 Å². The van der Waals surface area contributed by atoms with Crippen LogP contribution in [0.4, 0.5) is 15.3 Å². The topological polar surface area (TPSA) is 154 Å². The molecule has 37 heavy (non-hydrogen) atoms. The molecule has 0 aliphatic carbocycles. The predicted molar refractivity (Wildman–Crippen MR) is 147 cm³/mol. The van der Waals surface area contributed by atoms with Crippen LogP contribution >= 0.6 is 11.8 Å². The maximum atomic E-state index is 12.2. The van der Waals surface area contributed by atoms with E-state index in [2.05, 4.69) is 5.32 Å². The van der Waals surface area contributed by atoms with E-state index < -0.39 is 22.2 Å². The fourth-order valence-electron chi connectivity index (χ4n) is 3.94. The zero-order valence-corrected chi connectivity index (χ0v) is 22.0. The van der Waals surface area contributed by atoms with Crippen LogP contribution in [-0.4, -0.2) is 42.5 Å². The number of carbonyl (C=O) groups excluding carboxylic acids is 1. The summed E-state index contributed by atoms with van der Waals surface area (Å²) in [6, 6.07) is 19.5. The minimum absolute atomic E-state index is 0.0128. The Morgan fingerprint density at radius 1 is 1.08 bits per heavy atom. The number of benzene rings is 3. The molecule has 3 aromatic rings. The molecule has 0 saturated carbocycles. The summed E-state index contributed by atoms with van der Waals surface area (Å²) in [6.45, 7) is 3.62. The maximum Gasteiger partial charge on any atom is 0.412 e. The van der Waals surface area contributed by atoms with Gasteiger partial charge < -0.3 is 10.4 Å². The van der Waals surface area contributed by atoms with Gasteiger partial charge in [-0.1, -0.05) is 67.2 Å². The second kappa shape index (κ2) is 12.0. The molecular formula is C26H28N4O5S2. The summed E-state index contributed by atoms with van der Waals surface area (Å²) in [5, 5.41) is 25.7. The third kappa shape index (κ3) is 7.19. The van der Waals surface area contributed by atoms with Gasteiger partial charge in [0, 0.05) is 22.9 Å². The molecule has 0 bridgehead atoms. The molecule has 3 rings (SSSR count). The largest absolute Gasteiger partial charge is 0.465 e. The van der Waals surface area contributed by atoms with Crippen molar-refractivity contribution < 1.29 is 23.1 Å². The summed E-state index contributed by atoms with van der Waals surface area (Å²) in [5.74, 6) is 0.576. The zero-order chi connectivity index (χ0) is 27.2. The lowest BCUT2D eigenvalue weighted by molar-refractivity contribution is 0.199. The van der Waals surface area contributed by atoms with Crippen molar-refractivity contribution in [2.75, 3.05) is 10.7 Å². The second-order valence-corrected chi connectivity index (χ2v) is 11.0. The molecule has 194 valence electrons. The van der Waals surface area contributed by atoms with Crippen molar-refractivity contribution >= 4 is 44.6 Å². The Labute approximate surface area is 220 Å². The van der Waals surface area contributed by atoms with Gasteiger partial charge >= 0.3 is 6.09 Å². The molecule has 1 atom stereocenters. The highest BCUT2D eigenvalue weighted by molar-refractivity contribution is 8.13. The molecule has 0 aliphatic rings. The van der Waals surface area contributed by atoms with Crippen LogP contribution in [0.15, 0.2) is 77.7 Å². The number of carbonyl (C=O) groups is 2. The summed E-state index contributed by atoms with van der Waals surface area (Å²) in [6.07, 6.45) is -0.779. The van der Waals surface area contributed by atoms with E-state index in [1.165, 1.54) is 11.0 Å². The molecular weight excluding hydrogens is 512 g/mol. The van der Waals surface area contributed by atoms with Crippen LogP contribution in [0.3, 0.4) is 0 Å². The number of amides is 2. The molecule has 0 spiro atoms. The summed E-state index contributed by atoms with van der Waals surface area (Å²) in [5.41, 5.74) is 2.76. The van der Waals surface area contributed by atoms with Gasteiger partial charge in [0.05, 0.1) is 4.90 Å². The SMILES string of the molecule is CCSC(=O)NC(=N)c1cccc(CC(C)N(C(=O)O)c2ccc(-c3ccccc3S(N)(=O)=O)cc2)c1. The lowest BCUT2D eigenvalue weighted by atomic mass is 10.0. The number of hydrogen-bond donors (Lipinski definition) is 4. The quantitative estimate of drug-likeness (QED) is 0.235. The van der Waals surface area contributed by atoms with E-state index in [0.717, 1.165) is 17.3 Å². The first-order valence-electron chi connectivity index (χ1n) is 11.4. The Bertz CT molecular complexity index is 1410. The highest BCUT2D eigenvalue weighted by Crippen LogP contribution is 2.29. The summed E-state index contributed by atoms with van der Waals surface area (Å²) < 4.78 is 23.9. The van der Waals surface area contributed by atoms with Gasteiger partial charge in [-0.25, -0.2) is 18.4 Å². The minimum Gasteiger partial charge on any atom is -0.465 e. The van der Waals surface area contributed by atoms with Crippen molar-refractivity contribution in [2.45, 2.75) is 31.2 Å². The van der Waals surface area contributed by atoms with Crippen LogP contribution in [0.5, 0.6) is 0 Å².